The van der Waals surface area contributed by atoms with E-state index in [0.717, 1.165) is 12.1 Å². The van der Waals surface area contributed by atoms with Gasteiger partial charge < -0.3 is 14.8 Å². The van der Waals surface area contributed by atoms with Crippen LogP contribution < -0.4 is 14.8 Å². The van der Waals surface area contributed by atoms with Gasteiger partial charge in [0.1, 0.15) is 5.75 Å². The Labute approximate surface area is 165 Å². The molecule has 1 amide bonds. The van der Waals surface area contributed by atoms with Crippen molar-refractivity contribution in [2.75, 3.05) is 31.6 Å². The fourth-order valence-electron chi connectivity index (χ4n) is 2.18. The summed E-state index contributed by atoms with van der Waals surface area (Å²) < 4.78 is 75.2. The Morgan fingerprint density at radius 3 is 2.41 bits per heavy atom. The first-order chi connectivity index (χ1) is 13.6. The minimum absolute atomic E-state index is 0.174. The van der Waals surface area contributed by atoms with Gasteiger partial charge in [0.2, 0.25) is 0 Å². The molecule has 0 bridgehead atoms. The normalized spacial score (nSPS) is 11.7. The lowest BCUT2D eigenvalue weighted by Gasteiger charge is -2.12. The number of hydrogen-bond donors (Lipinski definition) is 2. The first-order valence-corrected chi connectivity index (χ1v) is 9.79. The number of anilines is 1. The number of carbonyl (C=O) groups excluding carboxylic acids is 1. The van der Waals surface area contributed by atoms with Gasteiger partial charge in [-0.25, -0.2) is 8.42 Å². The average molecular weight is 432 g/mol. The molecule has 0 aliphatic carbocycles. The monoisotopic (exact) mass is 432 g/mol. The number of carbonyl (C=O) groups is 1. The lowest BCUT2D eigenvalue weighted by atomic mass is 10.2. The summed E-state index contributed by atoms with van der Waals surface area (Å²) in [5.41, 5.74) is -1.18. The Balaban J connectivity index is 2.00. The largest absolute Gasteiger partial charge is 0.484 e. The van der Waals surface area contributed by atoms with Gasteiger partial charge >= 0.3 is 6.18 Å². The van der Waals surface area contributed by atoms with E-state index in [4.69, 9.17) is 9.47 Å². The highest BCUT2D eigenvalue weighted by atomic mass is 32.2. The number of alkyl halides is 3. The van der Waals surface area contributed by atoms with Crippen LogP contribution in [-0.2, 0) is 25.7 Å². The maximum Gasteiger partial charge on any atom is 0.416 e. The molecule has 0 heterocycles. The molecule has 0 aromatic heterocycles. The van der Waals surface area contributed by atoms with Crippen molar-refractivity contribution in [2.24, 2.45) is 0 Å². The molecule has 0 unspecified atom stereocenters. The molecule has 11 heteroatoms. The fraction of sp³-hybridized carbons (Fsp3) is 0.278. The van der Waals surface area contributed by atoms with Crippen LogP contribution in [0, 0.1) is 0 Å². The number of methoxy groups -OCH3 is 1. The smallest absolute Gasteiger partial charge is 0.416 e. The third-order valence-corrected chi connectivity index (χ3v) is 4.97. The minimum Gasteiger partial charge on any atom is -0.484 e. The summed E-state index contributed by atoms with van der Waals surface area (Å²) in [4.78, 5) is 11.4. The zero-order valence-electron chi connectivity index (χ0n) is 15.3. The van der Waals surface area contributed by atoms with E-state index in [1.54, 1.807) is 0 Å². The first kappa shape index (κ1) is 22.5. The molecule has 29 heavy (non-hydrogen) atoms. The lowest BCUT2D eigenvalue weighted by Crippen LogP contribution is -2.31. The van der Waals surface area contributed by atoms with E-state index in [-0.39, 0.29) is 28.8 Å². The van der Waals surface area contributed by atoms with Crippen LogP contribution in [0.4, 0.5) is 18.9 Å². The number of benzene rings is 2. The molecule has 2 N–H and O–H groups in total. The maximum absolute atomic E-state index is 12.8. The summed E-state index contributed by atoms with van der Waals surface area (Å²) in [6.45, 7) is 0.423. The van der Waals surface area contributed by atoms with Crippen LogP contribution in [-0.4, -0.2) is 41.2 Å². The summed E-state index contributed by atoms with van der Waals surface area (Å²) in [5, 5.41) is 2.56. The van der Waals surface area contributed by atoms with Crippen molar-refractivity contribution < 1.29 is 35.9 Å². The van der Waals surface area contributed by atoms with Crippen molar-refractivity contribution in [3.63, 3.8) is 0 Å². The van der Waals surface area contributed by atoms with E-state index in [2.05, 4.69) is 10.0 Å². The Morgan fingerprint density at radius 1 is 1.10 bits per heavy atom. The van der Waals surface area contributed by atoms with Gasteiger partial charge in [-0.3, -0.25) is 9.52 Å². The highest BCUT2D eigenvalue weighted by Gasteiger charge is 2.30. The molecule has 158 valence electrons. The average Bonchev–Trinajstić information content (AvgIpc) is 2.66. The second-order valence-electron chi connectivity index (χ2n) is 5.79. The van der Waals surface area contributed by atoms with Crippen molar-refractivity contribution in [2.45, 2.75) is 11.1 Å². The van der Waals surface area contributed by atoms with E-state index in [1.807, 2.05) is 0 Å². The molecule has 2 aromatic carbocycles. The van der Waals surface area contributed by atoms with Crippen molar-refractivity contribution in [3.05, 3.63) is 54.1 Å². The van der Waals surface area contributed by atoms with E-state index in [9.17, 15) is 26.4 Å². The van der Waals surface area contributed by atoms with E-state index < -0.39 is 21.8 Å². The van der Waals surface area contributed by atoms with E-state index >= 15 is 0 Å². The van der Waals surface area contributed by atoms with Crippen molar-refractivity contribution in [3.8, 4) is 5.75 Å². The third-order valence-electron chi connectivity index (χ3n) is 3.57. The van der Waals surface area contributed by atoms with Crippen LogP contribution in [0.3, 0.4) is 0 Å². The second-order valence-corrected chi connectivity index (χ2v) is 7.47. The van der Waals surface area contributed by atoms with Crippen molar-refractivity contribution in [1.82, 2.24) is 5.32 Å². The molecule has 0 aliphatic heterocycles. The standard InChI is InChI=1S/C18H19F3N2O5S/c1-27-10-9-22-17(24)12-28-15-5-7-16(8-6-15)29(25,26)23-14-4-2-3-13(11-14)18(19,20)21/h2-8,11,23H,9-10,12H2,1H3,(H,22,24). The molecule has 0 radical (unpaired) electrons. The summed E-state index contributed by atoms with van der Waals surface area (Å²) in [6.07, 6.45) is -4.59. The van der Waals surface area contributed by atoms with Gasteiger partial charge in [0, 0.05) is 19.3 Å². The predicted molar refractivity (Wildman–Crippen MR) is 99.1 cm³/mol. The van der Waals surface area contributed by atoms with Crippen LogP contribution in [0.25, 0.3) is 0 Å². The number of halogens is 3. The molecule has 0 fully saturated rings. The van der Waals surface area contributed by atoms with Gasteiger partial charge in [0.15, 0.2) is 6.61 Å². The number of amides is 1. The predicted octanol–water partition coefficient (Wildman–Crippen LogP) is 2.65. The van der Waals surface area contributed by atoms with Crippen LogP contribution in [0.2, 0.25) is 0 Å². The Kier molecular flexibility index (Phi) is 7.46. The van der Waals surface area contributed by atoms with Crippen LogP contribution in [0.1, 0.15) is 5.56 Å². The fourth-order valence-corrected chi connectivity index (χ4v) is 3.23. The zero-order chi connectivity index (χ0) is 21.5. The molecule has 0 saturated carbocycles. The third kappa shape index (κ3) is 6.95. The quantitative estimate of drug-likeness (QED) is 0.595. The second kappa shape index (κ2) is 9.61. The molecule has 0 saturated heterocycles. The first-order valence-electron chi connectivity index (χ1n) is 8.30. The molecule has 7 nitrogen and oxygen atoms in total. The SMILES string of the molecule is COCCNC(=O)COc1ccc(S(=O)(=O)Nc2cccc(C(F)(F)F)c2)cc1. The van der Waals surface area contributed by atoms with Gasteiger partial charge in [0.05, 0.1) is 17.1 Å². The van der Waals surface area contributed by atoms with Gasteiger partial charge in [-0.1, -0.05) is 6.07 Å². The number of rotatable bonds is 9. The highest BCUT2D eigenvalue weighted by molar-refractivity contribution is 7.92. The topological polar surface area (TPSA) is 93.7 Å². The molecule has 0 atom stereocenters. The molecular formula is C18H19F3N2O5S. The molecular weight excluding hydrogens is 413 g/mol. The van der Waals surface area contributed by atoms with Gasteiger partial charge in [-0.2, -0.15) is 13.2 Å². The lowest BCUT2D eigenvalue weighted by molar-refractivity contribution is -0.137. The van der Waals surface area contributed by atoms with Gasteiger partial charge in [-0.15, -0.1) is 0 Å². The van der Waals surface area contributed by atoms with Gasteiger partial charge in [0.25, 0.3) is 15.9 Å². The molecule has 0 spiro atoms. The van der Waals surface area contributed by atoms with Crippen molar-refractivity contribution >= 4 is 21.6 Å². The summed E-state index contributed by atoms with van der Waals surface area (Å²) in [6, 6.07) is 8.98. The maximum atomic E-state index is 12.8. The minimum atomic E-state index is -4.59. The van der Waals surface area contributed by atoms with Crippen LogP contribution in [0.15, 0.2) is 53.4 Å². The summed E-state index contributed by atoms with van der Waals surface area (Å²) >= 11 is 0. The number of hydrogen-bond acceptors (Lipinski definition) is 5. The molecule has 2 rings (SSSR count). The Morgan fingerprint density at radius 2 is 1.79 bits per heavy atom. The van der Waals surface area contributed by atoms with Crippen LogP contribution >= 0.6 is 0 Å². The Hall–Kier alpha value is -2.79. The summed E-state index contributed by atoms with van der Waals surface area (Å²) in [5.74, 6) is -0.116. The Bertz CT molecular complexity index is 931. The number of ether oxygens (including phenoxy) is 2. The van der Waals surface area contributed by atoms with E-state index in [0.29, 0.717) is 19.2 Å². The number of sulfonamides is 1. The van der Waals surface area contributed by atoms with Crippen LogP contribution in [0.5, 0.6) is 5.75 Å². The van der Waals surface area contributed by atoms with Gasteiger partial charge in [-0.05, 0) is 42.5 Å². The summed E-state index contributed by atoms with van der Waals surface area (Å²) in [7, 11) is -2.60. The molecule has 2 aromatic rings. The molecule has 0 aliphatic rings. The zero-order valence-corrected chi connectivity index (χ0v) is 16.1. The van der Waals surface area contributed by atoms with E-state index in [1.165, 1.54) is 37.4 Å². The number of nitrogens with one attached hydrogen (secondary N) is 2. The van der Waals surface area contributed by atoms with Crippen molar-refractivity contribution in [1.29, 1.82) is 0 Å². The highest BCUT2D eigenvalue weighted by Crippen LogP contribution is 2.31.